The number of benzene rings is 1. The molecule has 1 aliphatic rings. The summed E-state index contributed by atoms with van der Waals surface area (Å²) in [6, 6.07) is 9.66. The van der Waals surface area contributed by atoms with E-state index in [1.54, 1.807) is 0 Å². The summed E-state index contributed by atoms with van der Waals surface area (Å²) < 4.78 is 0. The molecular formula is C13H19N3OS. The number of nitrogens with zero attached hydrogens (tertiary/aromatic N) is 1. The molecule has 1 fully saturated rings. The van der Waals surface area contributed by atoms with E-state index in [0.29, 0.717) is 12.5 Å². The van der Waals surface area contributed by atoms with Gasteiger partial charge in [-0.05, 0) is 36.5 Å². The van der Waals surface area contributed by atoms with Crippen molar-refractivity contribution in [2.75, 3.05) is 23.4 Å². The molecule has 0 unspecified atom stereocenters. The van der Waals surface area contributed by atoms with Crippen LogP contribution in [-0.4, -0.2) is 34.7 Å². The minimum atomic E-state index is -0.672. The summed E-state index contributed by atoms with van der Waals surface area (Å²) in [7, 11) is 0. The standard InChI is InChI=1S/C13H19N3OS/c14-12(16-11-4-2-1-3-5-11)15-10-13(17)6-8-18-9-7-13/h1-5,17H,6-10H2,(H3,14,15,16). The number of aliphatic hydroxyl groups is 1. The van der Waals surface area contributed by atoms with Crippen LogP contribution in [0.25, 0.3) is 0 Å². The molecule has 1 aliphatic heterocycles. The first-order valence-electron chi connectivity index (χ1n) is 6.10. The highest BCUT2D eigenvalue weighted by molar-refractivity contribution is 7.99. The third kappa shape index (κ3) is 3.92. The molecule has 2 rings (SSSR count). The van der Waals surface area contributed by atoms with E-state index in [0.717, 1.165) is 30.0 Å². The van der Waals surface area contributed by atoms with Crippen LogP contribution in [0, 0.1) is 0 Å². The lowest BCUT2D eigenvalue weighted by molar-refractivity contribution is 0.0416. The van der Waals surface area contributed by atoms with Crippen LogP contribution in [0.2, 0.25) is 0 Å². The number of nitrogens with two attached hydrogens (primary N) is 1. The second-order valence-corrected chi connectivity index (χ2v) is 5.75. The zero-order valence-corrected chi connectivity index (χ0v) is 11.1. The Labute approximate surface area is 112 Å². The fraction of sp³-hybridized carbons (Fsp3) is 0.462. The van der Waals surface area contributed by atoms with Gasteiger partial charge in [-0.1, -0.05) is 18.2 Å². The molecule has 4 nitrogen and oxygen atoms in total. The third-order valence-electron chi connectivity index (χ3n) is 3.01. The molecule has 5 heteroatoms. The van der Waals surface area contributed by atoms with Crippen LogP contribution in [0.3, 0.4) is 0 Å². The Kier molecular flexibility index (Phi) is 4.49. The Morgan fingerprint density at radius 3 is 2.67 bits per heavy atom. The number of anilines is 1. The van der Waals surface area contributed by atoms with Gasteiger partial charge in [-0.25, -0.2) is 0 Å². The Morgan fingerprint density at radius 1 is 1.33 bits per heavy atom. The Balaban J connectivity index is 1.88. The average molecular weight is 265 g/mol. The molecule has 0 aromatic heterocycles. The van der Waals surface area contributed by atoms with Gasteiger partial charge in [0.2, 0.25) is 0 Å². The van der Waals surface area contributed by atoms with Crippen LogP contribution in [0.5, 0.6) is 0 Å². The van der Waals surface area contributed by atoms with Crippen molar-refractivity contribution < 1.29 is 5.11 Å². The molecule has 0 bridgehead atoms. The highest BCUT2D eigenvalue weighted by Crippen LogP contribution is 2.26. The van der Waals surface area contributed by atoms with Gasteiger partial charge in [-0.2, -0.15) is 11.8 Å². The molecule has 18 heavy (non-hydrogen) atoms. The second kappa shape index (κ2) is 6.11. The molecule has 0 radical (unpaired) electrons. The maximum atomic E-state index is 10.3. The molecule has 0 saturated carbocycles. The molecule has 0 atom stereocenters. The SMILES string of the molecule is NC(=NCC1(O)CCSCC1)Nc1ccccc1. The highest BCUT2D eigenvalue weighted by atomic mass is 32.2. The third-order valence-corrected chi connectivity index (χ3v) is 4.00. The molecule has 0 amide bonds. The number of nitrogens with one attached hydrogen (secondary N) is 1. The Hall–Kier alpha value is -1.20. The largest absolute Gasteiger partial charge is 0.388 e. The zero-order valence-electron chi connectivity index (χ0n) is 10.3. The molecule has 1 aromatic rings. The van der Waals surface area contributed by atoms with E-state index in [1.165, 1.54) is 0 Å². The zero-order chi connectivity index (χ0) is 12.8. The van der Waals surface area contributed by atoms with Crippen LogP contribution < -0.4 is 11.1 Å². The first-order valence-corrected chi connectivity index (χ1v) is 7.26. The summed E-state index contributed by atoms with van der Waals surface area (Å²) in [6.45, 7) is 0.374. The van der Waals surface area contributed by atoms with Gasteiger partial charge in [0, 0.05) is 5.69 Å². The van der Waals surface area contributed by atoms with E-state index in [2.05, 4.69) is 10.3 Å². The lowest BCUT2D eigenvalue weighted by atomic mass is 9.97. The van der Waals surface area contributed by atoms with Crippen LogP contribution in [-0.2, 0) is 0 Å². The van der Waals surface area contributed by atoms with Gasteiger partial charge in [-0.15, -0.1) is 0 Å². The number of thioether (sulfide) groups is 1. The number of hydrogen-bond acceptors (Lipinski definition) is 3. The van der Waals surface area contributed by atoms with Gasteiger partial charge in [-0.3, -0.25) is 4.99 Å². The van der Waals surface area contributed by atoms with E-state index >= 15 is 0 Å². The number of para-hydroxylation sites is 1. The van der Waals surface area contributed by atoms with E-state index in [9.17, 15) is 5.11 Å². The van der Waals surface area contributed by atoms with Gasteiger partial charge in [0.1, 0.15) is 0 Å². The topological polar surface area (TPSA) is 70.6 Å². The molecular weight excluding hydrogens is 246 g/mol. The van der Waals surface area contributed by atoms with Gasteiger partial charge in [0.15, 0.2) is 5.96 Å². The van der Waals surface area contributed by atoms with Gasteiger partial charge >= 0.3 is 0 Å². The molecule has 0 spiro atoms. The van der Waals surface area contributed by atoms with E-state index in [-0.39, 0.29) is 0 Å². The summed E-state index contributed by atoms with van der Waals surface area (Å²) >= 11 is 1.88. The maximum Gasteiger partial charge on any atom is 0.193 e. The Morgan fingerprint density at radius 2 is 2.00 bits per heavy atom. The Bertz CT molecular complexity index is 402. The molecule has 1 heterocycles. The van der Waals surface area contributed by atoms with Crippen molar-refractivity contribution in [3.63, 3.8) is 0 Å². The van der Waals surface area contributed by atoms with Crippen LogP contribution in [0.4, 0.5) is 5.69 Å². The average Bonchev–Trinajstić information content (AvgIpc) is 2.39. The van der Waals surface area contributed by atoms with Gasteiger partial charge in [0.05, 0.1) is 12.1 Å². The number of rotatable bonds is 3. The summed E-state index contributed by atoms with van der Waals surface area (Å²) in [5, 5.41) is 13.3. The first-order chi connectivity index (χ1) is 8.68. The lowest BCUT2D eigenvalue weighted by Gasteiger charge is -2.30. The van der Waals surface area contributed by atoms with Gasteiger partial charge < -0.3 is 16.2 Å². The van der Waals surface area contributed by atoms with Crippen molar-refractivity contribution in [3.05, 3.63) is 30.3 Å². The molecule has 4 N–H and O–H groups in total. The maximum absolute atomic E-state index is 10.3. The van der Waals surface area contributed by atoms with Crippen molar-refractivity contribution in [2.24, 2.45) is 10.7 Å². The van der Waals surface area contributed by atoms with Crippen LogP contribution >= 0.6 is 11.8 Å². The minimum Gasteiger partial charge on any atom is -0.388 e. The summed E-state index contributed by atoms with van der Waals surface area (Å²) in [6.07, 6.45) is 1.58. The number of hydrogen-bond donors (Lipinski definition) is 3. The lowest BCUT2D eigenvalue weighted by Crippen LogP contribution is -2.38. The normalized spacial score (nSPS) is 19.5. The predicted octanol–water partition coefficient (Wildman–Crippen LogP) is 1.67. The summed E-state index contributed by atoms with van der Waals surface area (Å²) in [5.74, 6) is 2.35. The van der Waals surface area contributed by atoms with E-state index < -0.39 is 5.60 Å². The first kappa shape index (κ1) is 13.2. The smallest absolute Gasteiger partial charge is 0.193 e. The fourth-order valence-corrected chi connectivity index (χ4v) is 3.10. The quantitative estimate of drug-likeness (QED) is 0.574. The monoisotopic (exact) mass is 265 g/mol. The van der Waals surface area contributed by atoms with Crippen molar-refractivity contribution in [1.82, 2.24) is 0 Å². The number of aliphatic imine (C=N–C) groups is 1. The molecule has 1 saturated heterocycles. The highest BCUT2D eigenvalue weighted by Gasteiger charge is 2.29. The van der Waals surface area contributed by atoms with Crippen molar-refractivity contribution in [3.8, 4) is 0 Å². The predicted molar refractivity (Wildman–Crippen MR) is 78.1 cm³/mol. The summed E-state index contributed by atoms with van der Waals surface area (Å²) in [4.78, 5) is 4.24. The minimum absolute atomic E-state index is 0.354. The van der Waals surface area contributed by atoms with Crippen LogP contribution in [0.1, 0.15) is 12.8 Å². The molecule has 0 aliphatic carbocycles. The molecule has 98 valence electrons. The van der Waals surface area contributed by atoms with Crippen molar-refractivity contribution in [1.29, 1.82) is 0 Å². The molecule has 1 aromatic carbocycles. The fourth-order valence-electron chi connectivity index (χ4n) is 1.85. The van der Waals surface area contributed by atoms with Crippen LogP contribution in [0.15, 0.2) is 35.3 Å². The van der Waals surface area contributed by atoms with Gasteiger partial charge in [0.25, 0.3) is 0 Å². The summed E-state index contributed by atoms with van der Waals surface area (Å²) in [5.41, 5.74) is 6.04. The van der Waals surface area contributed by atoms with E-state index in [1.807, 2.05) is 42.1 Å². The van der Waals surface area contributed by atoms with Crippen molar-refractivity contribution in [2.45, 2.75) is 18.4 Å². The number of guanidine groups is 1. The van der Waals surface area contributed by atoms with E-state index in [4.69, 9.17) is 5.73 Å². The second-order valence-electron chi connectivity index (χ2n) is 4.53. The van der Waals surface area contributed by atoms with Crippen molar-refractivity contribution >= 4 is 23.4 Å².